The summed E-state index contributed by atoms with van der Waals surface area (Å²) in [4.78, 5) is 14.0. The molecule has 1 unspecified atom stereocenters. The number of nitrogens with zero attached hydrogens (tertiary/aromatic N) is 2. The molecule has 0 saturated carbocycles. The first-order chi connectivity index (χ1) is 8.31. The van der Waals surface area contributed by atoms with E-state index in [1.807, 2.05) is 4.90 Å². The molecule has 1 N–H and O–H groups in total. The van der Waals surface area contributed by atoms with Gasteiger partial charge in [0.15, 0.2) is 5.76 Å². The molecule has 0 aliphatic carbocycles. The number of amides is 1. The highest BCUT2D eigenvalue weighted by Gasteiger charge is 2.28. The van der Waals surface area contributed by atoms with E-state index in [1.54, 1.807) is 12.3 Å². The lowest BCUT2D eigenvalue weighted by molar-refractivity contribution is -0.136. The van der Waals surface area contributed by atoms with Crippen LogP contribution < -0.4 is 5.32 Å². The zero-order valence-corrected chi connectivity index (χ0v) is 10.2. The van der Waals surface area contributed by atoms with Crippen molar-refractivity contribution in [3.8, 4) is 0 Å². The van der Waals surface area contributed by atoms with E-state index in [-0.39, 0.29) is 11.9 Å². The number of nitrogens with one attached hydrogen (secondary N) is 1. The van der Waals surface area contributed by atoms with Crippen LogP contribution in [0.5, 0.6) is 0 Å². The lowest BCUT2D eigenvalue weighted by Gasteiger charge is -2.32. The average molecular weight is 237 g/mol. The van der Waals surface area contributed by atoms with E-state index in [4.69, 9.17) is 4.52 Å². The zero-order valence-electron chi connectivity index (χ0n) is 10.2. The second kappa shape index (κ2) is 5.82. The van der Waals surface area contributed by atoms with Crippen molar-refractivity contribution in [3.05, 3.63) is 18.0 Å². The largest absolute Gasteiger partial charge is 0.360 e. The zero-order chi connectivity index (χ0) is 12.1. The van der Waals surface area contributed by atoms with Gasteiger partial charge < -0.3 is 14.7 Å². The molecule has 2 heterocycles. The average Bonchev–Trinajstić information content (AvgIpc) is 2.83. The monoisotopic (exact) mass is 237 g/mol. The van der Waals surface area contributed by atoms with Gasteiger partial charge in [0.2, 0.25) is 5.91 Å². The molecule has 0 spiro atoms. The van der Waals surface area contributed by atoms with E-state index < -0.39 is 0 Å². The first-order valence-corrected chi connectivity index (χ1v) is 6.23. The molecule has 1 amide bonds. The van der Waals surface area contributed by atoms with Crippen LogP contribution >= 0.6 is 0 Å². The molecule has 0 radical (unpaired) electrons. The maximum atomic E-state index is 12.2. The van der Waals surface area contributed by atoms with E-state index in [1.165, 1.54) is 0 Å². The first-order valence-electron chi connectivity index (χ1n) is 6.23. The summed E-state index contributed by atoms with van der Waals surface area (Å²) in [6, 6.07) is 1.78. The van der Waals surface area contributed by atoms with Gasteiger partial charge >= 0.3 is 0 Å². The van der Waals surface area contributed by atoms with Crippen molar-refractivity contribution in [1.82, 2.24) is 15.4 Å². The smallest absolute Gasteiger partial charge is 0.240 e. The second-order valence-electron chi connectivity index (χ2n) is 4.39. The standard InChI is InChI=1S/C12H19N3O2/c1-2-6-13-11-4-3-8-15(12(11)16)9-10-5-7-14-17-10/h5,7,11,13H,2-4,6,8-9H2,1H3. The van der Waals surface area contributed by atoms with Gasteiger partial charge in [-0.15, -0.1) is 0 Å². The van der Waals surface area contributed by atoms with E-state index in [0.29, 0.717) is 6.54 Å². The van der Waals surface area contributed by atoms with Crippen LogP contribution in [0.15, 0.2) is 16.8 Å². The highest BCUT2D eigenvalue weighted by molar-refractivity contribution is 5.82. The Labute approximate surface area is 101 Å². The van der Waals surface area contributed by atoms with E-state index in [0.717, 1.165) is 38.1 Å². The highest BCUT2D eigenvalue weighted by atomic mass is 16.5. The number of hydrogen-bond donors (Lipinski definition) is 1. The summed E-state index contributed by atoms with van der Waals surface area (Å²) in [5.74, 6) is 0.926. The second-order valence-corrected chi connectivity index (χ2v) is 4.39. The summed E-state index contributed by atoms with van der Waals surface area (Å²) in [5, 5.41) is 6.95. The van der Waals surface area contributed by atoms with Gasteiger partial charge in [0.05, 0.1) is 18.8 Å². The molecule has 1 aliphatic rings. The normalized spacial score (nSPS) is 20.9. The lowest BCUT2D eigenvalue weighted by Crippen LogP contribution is -2.50. The predicted molar refractivity (Wildman–Crippen MR) is 63.2 cm³/mol. The van der Waals surface area contributed by atoms with Gasteiger partial charge in [-0.25, -0.2) is 0 Å². The molecule has 1 saturated heterocycles. The van der Waals surface area contributed by atoms with Crippen molar-refractivity contribution in [1.29, 1.82) is 0 Å². The Morgan fingerprint density at radius 3 is 3.24 bits per heavy atom. The minimum atomic E-state index is -0.0216. The van der Waals surface area contributed by atoms with Gasteiger partial charge in [-0.3, -0.25) is 4.79 Å². The molecular weight excluding hydrogens is 218 g/mol. The Balaban J connectivity index is 1.91. The number of piperidine rings is 1. The third-order valence-corrected chi connectivity index (χ3v) is 3.01. The van der Waals surface area contributed by atoms with Gasteiger partial charge in [0, 0.05) is 12.6 Å². The van der Waals surface area contributed by atoms with Gasteiger partial charge in [-0.2, -0.15) is 0 Å². The first kappa shape index (κ1) is 12.1. The molecule has 1 aromatic heterocycles. The molecular formula is C12H19N3O2. The van der Waals surface area contributed by atoms with Crippen molar-refractivity contribution in [2.45, 2.75) is 38.8 Å². The summed E-state index contributed by atoms with van der Waals surface area (Å²) in [6.45, 7) is 4.34. The van der Waals surface area contributed by atoms with Gasteiger partial charge in [0.25, 0.3) is 0 Å². The maximum Gasteiger partial charge on any atom is 0.240 e. The molecule has 1 atom stereocenters. The third kappa shape index (κ3) is 3.06. The van der Waals surface area contributed by atoms with Crippen LogP contribution in [0, 0.1) is 0 Å². The van der Waals surface area contributed by atoms with Gasteiger partial charge in [0.1, 0.15) is 0 Å². The van der Waals surface area contributed by atoms with Crippen LogP contribution in [-0.4, -0.2) is 35.1 Å². The van der Waals surface area contributed by atoms with Crippen LogP contribution in [0.2, 0.25) is 0 Å². The molecule has 1 aliphatic heterocycles. The Morgan fingerprint density at radius 1 is 1.65 bits per heavy atom. The van der Waals surface area contributed by atoms with E-state index in [2.05, 4.69) is 17.4 Å². The molecule has 5 nitrogen and oxygen atoms in total. The summed E-state index contributed by atoms with van der Waals surface area (Å²) in [5.41, 5.74) is 0. The van der Waals surface area contributed by atoms with Crippen molar-refractivity contribution >= 4 is 5.91 Å². The minimum Gasteiger partial charge on any atom is -0.360 e. The molecule has 5 heteroatoms. The number of carbonyl (C=O) groups excluding carboxylic acids is 1. The summed E-state index contributed by atoms with van der Waals surface area (Å²) in [7, 11) is 0. The number of rotatable bonds is 5. The maximum absolute atomic E-state index is 12.2. The molecule has 2 rings (SSSR count). The van der Waals surface area contributed by atoms with Crippen molar-refractivity contribution in [3.63, 3.8) is 0 Å². The van der Waals surface area contributed by atoms with Crippen LogP contribution in [0.3, 0.4) is 0 Å². The van der Waals surface area contributed by atoms with Gasteiger partial charge in [-0.1, -0.05) is 12.1 Å². The van der Waals surface area contributed by atoms with Crippen molar-refractivity contribution < 1.29 is 9.32 Å². The minimum absolute atomic E-state index is 0.0216. The molecule has 0 bridgehead atoms. The third-order valence-electron chi connectivity index (χ3n) is 3.01. The topological polar surface area (TPSA) is 58.4 Å². The summed E-state index contributed by atoms with van der Waals surface area (Å²) >= 11 is 0. The predicted octanol–water partition coefficient (Wildman–Crippen LogP) is 1.17. The lowest BCUT2D eigenvalue weighted by atomic mass is 10.0. The van der Waals surface area contributed by atoms with Crippen LogP contribution in [-0.2, 0) is 11.3 Å². The van der Waals surface area contributed by atoms with Gasteiger partial charge in [-0.05, 0) is 25.8 Å². The van der Waals surface area contributed by atoms with E-state index in [9.17, 15) is 4.79 Å². The van der Waals surface area contributed by atoms with Crippen LogP contribution in [0.1, 0.15) is 31.9 Å². The van der Waals surface area contributed by atoms with E-state index >= 15 is 0 Å². The Bertz CT molecular complexity index is 351. The number of hydrogen-bond acceptors (Lipinski definition) is 4. The number of likely N-dealkylation sites (tertiary alicyclic amines) is 1. The number of aromatic nitrogens is 1. The Morgan fingerprint density at radius 2 is 2.53 bits per heavy atom. The van der Waals surface area contributed by atoms with Crippen LogP contribution in [0.4, 0.5) is 0 Å². The fourth-order valence-electron chi connectivity index (χ4n) is 2.12. The molecule has 0 aromatic carbocycles. The fraction of sp³-hybridized carbons (Fsp3) is 0.667. The molecule has 94 valence electrons. The van der Waals surface area contributed by atoms with Crippen molar-refractivity contribution in [2.24, 2.45) is 0 Å². The Kier molecular flexibility index (Phi) is 4.14. The fourth-order valence-corrected chi connectivity index (χ4v) is 2.12. The molecule has 1 aromatic rings. The van der Waals surface area contributed by atoms with Crippen LogP contribution in [0.25, 0.3) is 0 Å². The molecule has 1 fully saturated rings. The van der Waals surface area contributed by atoms with Crippen molar-refractivity contribution in [2.75, 3.05) is 13.1 Å². The Hall–Kier alpha value is -1.36. The summed E-state index contributed by atoms with van der Waals surface area (Å²) < 4.78 is 5.04. The molecule has 17 heavy (non-hydrogen) atoms. The quantitative estimate of drug-likeness (QED) is 0.835. The SMILES string of the molecule is CCCNC1CCCN(Cc2ccno2)C1=O. The summed E-state index contributed by atoms with van der Waals surface area (Å²) in [6.07, 6.45) is 4.63. The number of carbonyl (C=O) groups is 1. The highest BCUT2D eigenvalue weighted by Crippen LogP contribution is 2.14.